The zero-order valence-electron chi connectivity index (χ0n) is 11.4. The predicted octanol–water partition coefficient (Wildman–Crippen LogP) is 4.82. The minimum atomic E-state index is 0.754. The first-order chi connectivity index (χ1) is 8.81. The molecule has 18 heavy (non-hydrogen) atoms. The third-order valence-electron chi connectivity index (χ3n) is 2.36. The molecule has 0 radical (unpaired) electrons. The smallest absolute Gasteiger partial charge is 0.172 e. The molecule has 2 rings (SSSR count). The highest BCUT2D eigenvalue weighted by atomic mass is 16.5. The molecule has 96 valence electrons. The Balaban J connectivity index is 0.000000771. The maximum absolute atomic E-state index is 5.81. The number of para-hydroxylation sites is 2. The third-order valence-corrected chi connectivity index (χ3v) is 2.36. The monoisotopic (exact) mass is 244 g/mol. The maximum Gasteiger partial charge on any atom is 0.172 e. The van der Waals surface area contributed by atoms with E-state index < -0.39 is 0 Å². The average molecular weight is 244 g/mol. The van der Waals surface area contributed by atoms with Gasteiger partial charge in [-0.25, -0.2) is 0 Å². The lowest BCUT2D eigenvalue weighted by Crippen LogP contribution is -1.92. The molecular weight excluding hydrogens is 224 g/mol. The van der Waals surface area contributed by atoms with E-state index in [-0.39, 0.29) is 0 Å². The van der Waals surface area contributed by atoms with Gasteiger partial charge in [0.2, 0.25) is 0 Å². The van der Waals surface area contributed by atoms with Crippen LogP contribution in [0.15, 0.2) is 48.5 Å². The topological polar surface area (TPSA) is 18.5 Å². The Morgan fingerprint density at radius 2 is 1.50 bits per heavy atom. The van der Waals surface area contributed by atoms with E-state index in [1.165, 1.54) is 0 Å². The number of rotatable bonds is 3. The van der Waals surface area contributed by atoms with Gasteiger partial charge in [0.05, 0.1) is 7.11 Å². The van der Waals surface area contributed by atoms with Gasteiger partial charge < -0.3 is 9.47 Å². The first-order valence-corrected chi connectivity index (χ1v) is 6.18. The van der Waals surface area contributed by atoms with Crippen molar-refractivity contribution in [2.45, 2.75) is 20.8 Å². The summed E-state index contributed by atoms with van der Waals surface area (Å²) in [5.41, 5.74) is 1.06. The molecule has 0 aliphatic heterocycles. The molecule has 0 atom stereocenters. The molecule has 0 N–H and O–H groups in total. The normalized spacial score (nSPS) is 9.11. The Kier molecular flexibility index (Phi) is 5.78. The molecule has 2 aromatic carbocycles. The summed E-state index contributed by atoms with van der Waals surface area (Å²) in [5.74, 6) is 2.34. The first-order valence-electron chi connectivity index (χ1n) is 6.18. The number of aryl methyl sites for hydroxylation is 1. The summed E-state index contributed by atoms with van der Waals surface area (Å²) < 4.78 is 11.1. The SMILES string of the molecule is CC.COc1cccc(C)c1Oc1ccccc1. The van der Waals surface area contributed by atoms with Gasteiger partial charge in [-0.2, -0.15) is 0 Å². The first kappa shape index (κ1) is 14.1. The van der Waals surface area contributed by atoms with E-state index in [0.717, 1.165) is 22.8 Å². The van der Waals surface area contributed by atoms with Crippen molar-refractivity contribution in [2.24, 2.45) is 0 Å². The van der Waals surface area contributed by atoms with Gasteiger partial charge in [-0.05, 0) is 30.7 Å². The van der Waals surface area contributed by atoms with E-state index in [9.17, 15) is 0 Å². The zero-order valence-corrected chi connectivity index (χ0v) is 11.4. The fourth-order valence-corrected chi connectivity index (χ4v) is 1.52. The van der Waals surface area contributed by atoms with Crippen LogP contribution in [0.4, 0.5) is 0 Å². The Bertz CT molecular complexity index is 464. The maximum atomic E-state index is 5.81. The summed E-state index contributed by atoms with van der Waals surface area (Å²) in [5, 5.41) is 0. The Morgan fingerprint density at radius 3 is 2.11 bits per heavy atom. The lowest BCUT2D eigenvalue weighted by atomic mass is 10.2. The number of hydrogen-bond donors (Lipinski definition) is 0. The Morgan fingerprint density at radius 1 is 0.833 bits per heavy atom. The minimum Gasteiger partial charge on any atom is -0.493 e. The van der Waals surface area contributed by atoms with Gasteiger partial charge in [-0.3, -0.25) is 0 Å². The van der Waals surface area contributed by atoms with Gasteiger partial charge in [0.15, 0.2) is 11.5 Å². The largest absolute Gasteiger partial charge is 0.493 e. The highest BCUT2D eigenvalue weighted by molar-refractivity contribution is 5.48. The van der Waals surface area contributed by atoms with Gasteiger partial charge in [0.1, 0.15) is 5.75 Å². The van der Waals surface area contributed by atoms with Crippen LogP contribution in [0.1, 0.15) is 19.4 Å². The van der Waals surface area contributed by atoms with Crippen molar-refractivity contribution in [3.63, 3.8) is 0 Å². The number of hydrogen-bond acceptors (Lipinski definition) is 2. The summed E-state index contributed by atoms with van der Waals surface area (Å²) >= 11 is 0. The van der Waals surface area contributed by atoms with E-state index in [4.69, 9.17) is 9.47 Å². The lowest BCUT2D eigenvalue weighted by molar-refractivity contribution is 0.377. The van der Waals surface area contributed by atoms with E-state index in [0.29, 0.717) is 0 Å². The quantitative estimate of drug-likeness (QED) is 0.770. The van der Waals surface area contributed by atoms with Crippen LogP contribution in [-0.2, 0) is 0 Å². The van der Waals surface area contributed by atoms with Gasteiger partial charge >= 0.3 is 0 Å². The van der Waals surface area contributed by atoms with Gasteiger partial charge in [-0.1, -0.05) is 44.2 Å². The highest BCUT2D eigenvalue weighted by Gasteiger charge is 2.07. The molecule has 0 heterocycles. The fraction of sp³-hybridized carbons (Fsp3) is 0.250. The molecule has 2 heteroatoms. The molecule has 0 aliphatic carbocycles. The van der Waals surface area contributed by atoms with Crippen molar-refractivity contribution >= 4 is 0 Å². The number of ether oxygens (including phenoxy) is 2. The zero-order chi connectivity index (χ0) is 13.4. The van der Waals surface area contributed by atoms with Crippen LogP contribution in [0.3, 0.4) is 0 Å². The van der Waals surface area contributed by atoms with Crippen LogP contribution in [0, 0.1) is 6.92 Å². The van der Waals surface area contributed by atoms with Crippen LogP contribution < -0.4 is 9.47 Å². The predicted molar refractivity (Wildman–Crippen MR) is 75.6 cm³/mol. The fourth-order valence-electron chi connectivity index (χ4n) is 1.52. The molecular formula is C16H20O2. The summed E-state index contributed by atoms with van der Waals surface area (Å²) in [6.45, 7) is 6.00. The summed E-state index contributed by atoms with van der Waals surface area (Å²) in [7, 11) is 1.65. The molecule has 0 bridgehead atoms. The van der Waals surface area contributed by atoms with Crippen molar-refractivity contribution < 1.29 is 9.47 Å². The molecule has 0 spiro atoms. The Labute approximate surface area is 109 Å². The number of methoxy groups -OCH3 is 1. The van der Waals surface area contributed by atoms with Crippen molar-refractivity contribution in [2.75, 3.05) is 7.11 Å². The molecule has 2 nitrogen and oxygen atoms in total. The average Bonchev–Trinajstić information content (AvgIpc) is 2.44. The van der Waals surface area contributed by atoms with E-state index in [2.05, 4.69) is 0 Å². The second kappa shape index (κ2) is 7.38. The van der Waals surface area contributed by atoms with Gasteiger partial charge in [-0.15, -0.1) is 0 Å². The van der Waals surface area contributed by atoms with Crippen LogP contribution in [-0.4, -0.2) is 7.11 Å². The summed E-state index contributed by atoms with van der Waals surface area (Å²) in [6.07, 6.45) is 0. The summed E-state index contributed by atoms with van der Waals surface area (Å²) in [4.78, 5) is 0. The molecule has 0 amide bonds. The molecule has 0 unspecified atom stereocenters. The van der Waals surface area contributed by atoms with Crippen LogP contribution in [0.2, 0.25) is 0 Å². The van der Waals surface area contributed by atoms with E-state index in [1.807, 2.05) is 69.3 Å². The Hall–Kier alpha value is -1.96. The van der Waals surface area contributed by atoms with Crippen LogP contribution >= 0.6 is 0 Å². The van der Waals surface area contributed by atoms with E-state index in [1.54, 1.807) is 7.11 Å². The number of benzene rings is 2. The molecule has 0 aromatic heterocycles. The summed E-state index contributed by atoms with van der Waals surface area (Å²) in [6, 6.07) is 15.5. The van der Waals surface area contributed by atoms with Gasteiger partial charge in [0, 0.05) is 0 Å². The highest BCUT2D eigenvalue weighted by Crippen LogP contribution is 2.34. The molecule has 0 fully saturated rings. The molecule has 0 saturated carbocycles. The van der Waals surface area contributed by atoms with Crippen molar-refractivity contribution in [1.29, 1.82) is 0 Å². The minimum absolute atomic E-state index is 0.754. The third kappa shape index (κ3) is 3.52. The second-order valence-electron chi connectivity index (χ2n) is 3.52. The molecule has 0 saturated heterocycles. The van der Waals surface area contributed by atoms with Crippen LogP contribution in [0.25, 0.3) is 0 Å². The molecule has 0 aliphatic rings. The van der Waals surface area contributed by atoms with E-state index >= 15 is 0 Å². The lowest BCUT2D eigenvalue weighted by Gasteiger charge is -2.12. The second-order valence-corrected chi connectivity index (χ2v) is 3.52. The van der Waals surface area contributed by atoms with Crippen LogP contribution in [0.5, 0.6) is 17.2 Å². The van der Waals surface area contributed by atoms with Gasteiger partial charge in [0.25, 0.3) is 0 Å². The van der Waals surface area contributed by atoms with Crippen molar-refractivity contribution in [1.82, 2.24) is 0 Å². The molecule has 2 aromatic rings. The van der Waals surface area contributed by atoms with Crippen molar-refractivity contribution in [3.05, 3.63) is 54.1 Å². The standard InChI is InChI=1S/C14H14O2.C2H6/c1-11-7-6-10-13(15-2)14(11)16-12-8-4-3-5-9-12;1-2/h3-10H,1-2H3;1-2H3. The van der Waals surface area contributed by atoms with Crippen molar-refractivity contribution in [3.8, 4) is 17.2 Å².